The van der Waals surface area contributed by atoms with Crippen molar-refractivity contribution in [1.29, 1.82) is 0 Å². The summed E-state index contributed by atoms with van der Waals surface area (Å²) in [4.78, 5) is 27.2. The number of thiophene rings is 1. The summed E-state index contributed by atoms with van der Waals surface area (Å²) in [5.41, 5.74) is 1.82. The van der Waals surface area contributed by atoms with E-state index in [0.717, 1.165) is 28.1 Å². The Morgan fingerprint density at radius 1 is 1.37 bits per heavy atom. The highest BCUT2D eigenvalue weighted by Crippen LogP contribution is 2.38. The van der Waals surface area contributed by atoms with Crippen LogP contribution in [0.5, 0.6) is 5.75 Å². The Morgan fingerprint density at radius 2 is 2.20 bits per heavy atom. The minimum atomic E-state index is 0.0267. The average molecular weight is 444 g/mol. The van der Waals surface area contributed by atoms with Gasteiger partial charge in [0.2, 0.25) is 5.91 Å². The van der Waals surface area contributed by atoms with Crippen LogP contribution in [0.2, 0.25) is 5.02 Å². The van der Waals surface area contributed by atoms with Crippen LogP contribution in [0.3, 0.4) is 0 Å². The maximum absolute atomic E-state index is 12.5. The van der Waals surface area contributed by atoms with E-state index in [-0.39, 0.29) is 11.7 Å². The minimum absolute atomic E-state index is 0.0267. The Morgan fingerprint density at radius 3 is 2.97 bits per heavy atom. The van der Waals surface area contributed by atoms with Crippen LogP contribution in [0.25, 0.3) is 10.2 Å². The summed E-state index contributed by atoms with van der Waals surface area (Å²) < 4.78 is 0. The SMILES string of the molecule is CN(C)CC=CC(=O)N1CCc2c(sc3ncnc(Nc4cc(O)cc(Cl)c4)c23)C1. The largest absolute Gasteiger partial charge is 0.508 e. The number of likely N-dealkylation sites (N-methyl/N-ethyl adjacent to an activating group) is 1. The zero-order valence-electron chi connectivity index (χ0n) is 16.7. The van der Waals surface area contributed by atoms with Gasteiger partial charge in [-0.05, 0) is 38.2 Å². The van der Waals surface area contributed by atoms with Crippen LogP contribution in [0, 0.1) is 0 Å². The number of rotatable bonds is 5. The number of benzene rings is 1. The van der Waals surface area contributed by atoms with Crippen LogP contribution >= 0.6 is 22.9 Å². The van der Waals surface area contributed by atoms with Crippen molar-refractivity contribution in [2.75, 3.05) is 32.5 Å². The Hall–Kier alpha value is -2.68. The average Bonchev–Trinajstić information content (AvgIpc) is 3.05. The van der Waals surface area contributed by atoms with Crippen LogP contribution in [-0.2, 0) is 17.8 Å². The number of hydrogen-bond acceptors (Lipinski definition) is 7. The maximum Gasteiger partial charge on any atom is 0.246 e. The fourth-order valence-corrected chi connectivity index (χ4v) is 4.90. The number of fused-ring (bicyclic) bond motifs is 3. The molecule has 7 nitrogen and oxygen atoms in total. The van der Waals surface area contributed by atoms with Crippen molar-refractivity contribution in [3.63, 3.8) is 0 Å². The first kappa shape index (κ1) is 20.6. The predicted molar refractivity (Wildman–Crippen MR) is 121 cm³/mol. The summed E-state index contributed by atoms with van der Waals surface area (Å²) in [6, 6.07) is 4.81. The van der Waals surface area contributed by atoms with E-state index in [1.807, 2.05) is 30.0 Å². The Balaban J connectivity index is 1.60. The molecule has 0 saturated heterocycles. The van der Waals surface area contributed by atoms with Crippen molar-refractivity contribution >= 4 is 50.6 Å². The quantitative estimate of drug-likeness (QED) is 0.584. The molecule has 1 aromatic carbocycles. The molecular formula is C21H22ClN5O2S. The van der Waals surface area contributed by atoms with E-state index in [9.17, 15) is 9.90 Å². The molecule has 0 radical (unpaired) electrons. The van der Waals surface area contributed by atoms with Gasteiger partial charge in [0.1, 0.15) is 22.7 Å². The molecule has 4 rings (SSSR count). The van der Waals surface area contributed by atoms with Crippen molar-refractivity contribution in [2.24, 2.45) is 0 Å². The number of nitrogens with one attached hydrogen (secondary N) is 1. The number of anilines is 2. The first-order chi connectivity index (χ1) is 14.4. The molecule has 0 saturated carbocycles. The number of phenolic OH excluding ortho intramolecular Hbond substituents is 1. The number of phenols is 1. The summed E-state index contributed by atoms with van der Waals surface area (Å²) in [5, 5.41) is 14.5. The summed E-state index contributed by atoms with van der Waals surface area (Å²) in [7, 11) is 3.94. The van der Waals surface area contributed by atoms with Gasteiger partial charge in [-0.25, -0.2) is 9.97 Å². The first-order valence-corrected chi connectivity index (χ1v) is 10.7. The van der Waals surface area contributed by atoms with E-state index < -0.39 is 0 Å². The van der Waals surface area contributed by atoms with Crippen LogP contribution in [0.4, 0.5) is 11.5 Å². The fourth-order valence-electron chi connectivity index (χ4n) is 3.46. The highest BCUT2D eigenvalue weighted by atomic mass is 35.5. The third-order valence-electron chi connectivity index (χ3n) is 4.82. The first-order valence-electron chi connectivity index (χ1n) is 9.52. The highest BCUT2D eigenvalue weighted by molar-refractivity contribution is 7.19. The smallest absolute Gasteiger partial charge is 0.246 e. The lowest BCUT2D eigenvalue weighted by molar-refractivity contribution is -0.126. The van der Waals surface area contributed by atoms with Crippen LogP contribution < -0.4 is 5.32 Å². The van der Waals surface area contributed by atoms with E-state index in [2.05, 4.69) is 15.3 Å². The lowest BCUT2D eigenvalue weighted by Gasteiger charge is -2.26. The standard InChI is InChI=1S/C21H22ClN5O2S/c1-26(2)6-3-4-18(29)27-7-5-16-17(11-27)30-21-19(16)20(23-12-24-21)25-14-8-13(22)9-15(28)10-14/h3-4,8-10,12,28H,5-7,11H2,1-2H3,(H,23,24,25). The second kappa shape index (κ2) is 8.59. The molecule has 0 aliphatic carbocycles. The number of carbonyl (C=O) groups excluding carboxylic acids is 1. The highest BCUT2D eigenvalue weighted by Gasteiger charge is 2.25. The third-order valence-corrected chi connectivity index (χ3v) is 6.17. The number of nitrogens with zero attached hydrogens (tertiary/aromatic N) is 4. The van der Waals surface area contributed by atoms with E-state index in [1.165, 1.54) is 18.0 Å². The van der Waals surface area contributed by atoms with Crippen LogP contribution in [-0.4, -0.2) is 58.0 Å². The molecule has 0 unspecified atom stereocenters. The van der Waals surface area contributed by atoms with Crippen LogP contribution in [0.1, 0.15) is 10.4 Å². The summed E-state index contributed by atoms with van der Waals surface area (Å²) in [6.07, 6.45) is 5.79. The molecule has 1 aliphatic heterocycles. The van der Waals surface area contributed by atoms with Crippen molar-refractivity contribution in [1.82, 2.24) is 19.8 Å². The van der Waals surface area contributed by atoms with Crippen molar-refractivity contribution in [3.05, 3.63) is 52.1 Å². The number of halogens is 1. The van der Waals surface area contributed by atoms with Gasteiger partial charge in [0, 0.05) is 40.8 Å². The molecule has 1 amide bonds. The number of aromatic hydroxyl groups is 1. The van der Waals surface area contributed by atoms with E-state index >= 15 is 0 Å². The Bertz CT molecular complexity index is 1110. The molecule has 30 heavy (non-hydrogen) atoms. The zero-order valence-corrected chi connectivity index (χ0v) is 18.3. The third kappa shape index (κ3) is 4.40. The van der Waals surface area contributed by atoms with Gasteiger partial charge in [0.05, 0.1) is 11.9 Å². The lowest BCUT2D eigenvalue weighted by atomic mass is 10.0. The summed E-state index contributed by atoms with van der Waals surface area (Å²) >= 11 is 7.64. The van der Waals surface area contributed by atoms with Gasteiger partial charge in [-0.3, -0.25) is 4.79 Å². The number of carbonyl (C=O) groups is 1. The van der Waals surface area contributed by atoms with Crippen molar-refractivity contribution in [2.45, 2.75) is 13.0 Å². The Kier molecular flexibility index (Phi) is 5.90. The monoisotopic (exact) mass is 443 g/mol. The fraction of sp³-hybridized carbons (Fsp3) is 0.286. The number of aromatic nitrogens is 2. The maximum atomic E-state index is 12.5. The molecule has 2 aromatic heterocycles. The molecular weight excluding hydrogens is 422 g/mol. The summed E-state index contributed by atoms with van der Waals surface area (Å²) in [6.45, 7) is 1.95. The van der Waals surface area contributed by atoms with Gasteiger partial charge in [0.25, 0.3) is 0 Å². The van der Waals surface area contributed by atoms with Crippen molar-refractivity contribution in [3.8, 4) is 5.75 Å². The molecule has 9 heteroatoms. The molecule has 3 heterocycles. The van der Waals surface area contributed by atoms with Gasteiger partial charge in [-0.1, -0.05) is 17.7 Å². The second-order valence-electron chi connectivity index (χ2n) is 7.40. The molecule has 0 spiro atoms. The number of amides is 1. The predicted octanol–water partition coefficient (Wildman–Crippen LogP) is 3.80. The van der Waals surface area contributed by atoms with E-state index in [1.54, 1.807) is 29.5 Å². The second-order valence-corrected chi connectivity index (χ2v) is 8.92. The lowest BCUT2D eigenvalue weighted by Crippen LogP contribution is -2.34. The van der Waals surface area contributed by atoms with Gasteiger partial charge in [0.15, 0.2) is 0 Å². The molecule has 2 N–H and O–H groups in total. The van der Waals surface area contributed by atoms with Gasteiger partial charge >= 0.3 is 0 Å². The molecule has 156 valence electrons. The number of hydrogen-bond donors (Lipinski definition) is 2. The van der Waals surface area contributed by atoms with Gasteiger partial charge in [-0.2, -0.15) is 0 Å². The topological polar surface area (TPSA) is 81.6 Å². The minimum Gasteiger partial charge on any atom is -0.508 e. The van der Waals surface area contributed by atoms with Gasteiger partial charge in [-0.15, -0.1) is 11.3 Å². The molecule has 1 aliphatic rings. The van der Waals surface area contributed by atoms with E-state index in [0.29, 0.717) is 29.6 Å². The molecule has 3 aromatic rings. The van der Waals surface area contributed by atoms with Gasteiger partial charge < -0.3 is 20.2 Å². The Labute approximate surface area is 183 Å². The van der Waals surface area contributed by atoms with E-state index in [4.69, 9.17) is 11.6 Å². The van der Waals surface area contributed by atoms with Crippen LogP contribution in [0.15, 0.2) is 36.7 Å². The molecule has 0 fully saturated rings. The summed E-state index contributed by atoms with van der Waals surface area (Å²) in [5.74, 6) is 0.780. The van der Waals surface area contributed by atoms with Crippen molar-refractivity contribution < 1.29 is 9.90 Å². The normalized spacial score (nSPS) is 13.9. The zero-order chi connectivity index (χ0) is 21.3. The molecule has 0 atom stereocenters. The molecule has 0 bridgehead atoms.